The third-order valence-corrected chi connectivity index (χ3v) is 3.12. The molecule has 7 heteroatoms. The summed E-state index contributed by atoms with van der Waals surface area (Å²) in [5.74, 6) is 0.461. The highest BCUT2D eigenvalue weighted by molar-refractivity contribution is 5.69. The topological polar surface area (TPSA) is 74.0 Å². The molecule has 2 heterocycles. The van der Waals surface area contributed by atoms with Gasteiger partial charge in [0.1, 0.15) is 6.61 Å². The van der Waals surface area contributed by atoms with E-state index in [4.69, 9.17) is 14.0 Å². The molecule has 7 nitrogen and oxygen atoms in total. The fourth-order valence-electron chi connectivity index (χ4n) is 2.19. The maximum atomic E-state index is 11.3. The Morgan fingerprint density at radius 3 is 3.15 bits per heavy atom. The van der Waals surface area contributed by atoms with E-state index >= 15 is 0 Å². The van der Waals surface area contributed by atoms with Crippen molar-refractivity contribution in [2.75, 3.05) is 33.9 Å². The smallest absolute Gasteiger partial charge is 0.308 e. The monoisotopic (exact) mass is 284 g/mol. The molecule has 1 aromatic heterocycles. The number of esters is 1. The van der Waals surface area contributed by atoms with Crippen LogP contribution in [0.25, 0.3) is 0 Å². The van der Waals surface area contributed by atoms with Crippen LogP contribution in [0.5, 0.6) is 0 Å². The molecular formula is C13H20N2O5. The number of carbonyl (C=O) groups is 1. The van der Waals surface area contributed by atoms with E-state index in [9.17, 15) is 4.79 Å². The molecule has 1 aliphatic rings. The van der Waals surface area contributed by atoms with Crippen LogP contribution in [0.3, 0.4) is 0 Å². The van der Waals surface area contributed by atoms with Crippen molar-refractivity contribution in [1.82, 2.24) is 10.1 Å². The Morgan fingerprint density at radius 1 is 1.55 bits per heavy atom. The number of methoxy groups -OCH3 is 2. The highest BCUT2D eigenvalue weighted by atomic mass is 16.5. The third kappa shape index (κ3) is 4.29. The molecule has 1 aliphatic heterocycles. The molecule has 0 saturated carbocycles. The number of carbonyl (C=O) groups excluding carboxylic acids is 1. The molecule has 1 fully saturated rings. The predicted molar refractivity (Wildman–Crippen MR) is 68.9 cm³/mol. The first kappa shape index (κ1) is 15.0. The van der Waals surface area contributed by atoms with E-state index in [0.717, 1.165) is 12.2 Å². The van der Waals surface area contributed by atoms with Crippen LogP contribution in [0.4, 0.5) is 0 Å². The molecule has 2 rings (SSSR count). The summed E-state index contributed by atoms with van der Waals surface area (Å²) in [5.41, 5.74) is 0.857. The Kier molecular flexibility index (Phi) is 5.51. The average molecular weight is 284 g/mol. The van der Waals surface area contributed by atoms with Gasteiger partial charge in [-0.2, -0.15) is 0 Å². The minimum Gasteiger partial charge on any atom is -0.469 e. The quantitative estimate of drug-likeness (QED) is 0.707. The molecule has 0 N–H and O–H groups in total. The zero-order chi connectivity index (χ0) is 14.4. The van der Waals surface area contributed by atoms with Crippen LogP contribution in [0, 0.1) is 0 Å². The molecule has 0 bridgehead atoms. The van der Waals surface area contributed by atoms with Gasteiger partial charge < -0.3 is 18.7 Å². The molecule has 0 spiro atoms. The summed E-state index contributed by atoms with van der Waals surface area (Å²) in [6.07, 6.45) is 0.155. The van der Waals surface area contributed by atoms with Gasteiger partial charge in [-0.15, -0.1) is 0 Å². The molecule has 1 saturated heterocycles. The van der Waals surface area contributed by atoms with E-state index < -0.39 is 0 Å². The number of hydrogen-bond donors (Lipinski definition) is 0. The Labute approximate surface area is 117 Å². The lowest BCUT2D eigenvalue weighted by Crippen LogP contribution is -2.42. The van der Waals surface area contributed by atoms with Crippen molar-refractivity contribution >= 4 is 5.97 Å². The molecular weight excluding hydrogens is 264 g/mol. The van der Waals surface area contributed by atoms with Crippen molar-refractivity contribution in [3.8, 4) is 0 Å². The molecule has 1 atom stereocenters. The van der Waals surface area contributed by atoms with Crippen molar-refractivity contribution in [2.45, 2.75) is 25.7 Å². The van der Waals surface area contributed by atoms with Crippen molar-refractivity contribution in [3.05, 3.63) is 17.5 Å². The van der Waals surface area contributed by atoms with Crippen LogP contribution in [0.15, 0.2) is 10.6 Å². The first-order chi connectivity index (χ1) is 9.71. The number of aromatic nitrogens is 1. The molecule has 20 heavy (non-hydrogen) atoms. The summed E-state index contributed by atoms with van der Waals surface area (Å²) in [6, 6.07) is 1.88. The van der Waals surface area contributed by atoms with E-state index in [-0.39, 0.29) is 18.5 Å². The summed E-state index contributed by atoms with van der Waals surface area (Å²) >= 11 is 0. The zero-order valence-corrected chi connectivity index (χ0v) is 11.8. The molecule has 0 amide bonds. The number of ether oxygens (including phenoxy) is 3. The summed E-state index contributed by atoms with van der Waals surface area (Å²) in [5, 5.41) is 4.00. The number of rotatable bonds is 6. The summed E-state index contributed by atoms with van der Waals surface area (Å²) in [7, 11) is 3.00. The Bertz CT molecular complexity index is 434. The van der Waals surface area contributed by atoms with Gasteiger partial charge in [0.15, 0.2) is 5.76 Å². The second-order valence-electron chi connectivity index (χ2n) is 4.73. The van der Waals surface area contributed by atoms with Gasteiger partial charge in [-0.3, -0.25) is 9.69 Å². The molecule has 1 unspecified atom stereocenters. The minimum absolute atomic E-state index is 0.124. The van der Waals surface area contributed by atoms with Gasteiger partial charge in [0.05, 0.1) is 31.9 Å². The van der Waals surface area contributed by atoms with Crippen molar-refractivity contribution in [2.24, 2.45) is 0 Å². The van der Waals surface area contributed by atoms with Crippen molar-refractivity contribution in [3.63, 3.8) is 0 Å². The van der Waals surface area contributed by atoms with Crippen LogP contribution in [-0.2, 0) is 32.2 Å². The standard InChI is InChI=1S/C13H20N2O5/c1-17-9-12-5-10(14-20-12)7-15-3-4-19-11(8-15)6-13(16)18-2/h5,11H,3-4,6-9H2,1-2H3. The van der Waals surface area contributed by atoms with E-state index in [1.807, 2.05) is 6.07 Å². The minimum atomic E-state index is -0.249. The molecule has 112 valence electrons. The van der Waals surface area contributed by atoms with Crippen molar-refractivity contribution in [1.29, 1.82) is 0 Å². The lowest BCUT2D eigenvalue weighted by atomic mass is 10.2. The van der Waals surface area contributed by atoms with Gasteiger partial charge in [0, 0.05) is 32.8 Å². The van der Waals surface area contributed by atoms with Gasteiger partial charge in [0.2, 0.25) is 0 Å². The van der Waals surface area contributed by atoms with Gasteiger partial charge in [-0.1, -0.05) is 5.16 Å². The second kappa shape index (κ2) is 7.37. The number of nitrogens with zero attached hydrogens (tertiary/aromatic N) is 2. The van der Waals surface area contributed by atoms with E-state index in [0.29, 0.717) is 32.1 Å². The first-order valence-electron chi connectivity index (χ1n) is 6.55. The van der Waals surface area contributed by atoms with Gasteiger partial charge in [-0.05, 0) is 0 Å². The van der Waals surface area contributed by atoms with E-state index in [1.54, 1.807) is 7.11 Å². The zero-order valence-electron chi connectivity index (χ0n) is 11.8. The van der Waals surface area contributed by atoms with Gasteiger partial charge >= 0.3 is 5.97 Å². The normalized spacial score (nSPS) is 20.0. The van der Waals surface area contributed by atoms with Gasteiger partial charge in [0.25, 0.3) is 0 Å². The van der Waals surface area contributed by atoms with Crippen molar-refractivity contribution < 1.29 is 23.5 Å². The predicted octanol–water partition coefficient (Wildman–Crippen LogP) is 0.585. The lowest BCUT2D eigenvalue weighted by Gasteiger charge is -2.31. The lowest BCUT2D eigenvalue weighted by molar-refractivity contribution is -0.145. The Morgan fingerprint density at radius 2 is 2.40 bits per heavy atom. The second-order valence-corrected chi connectivity index (χ2v) is 4.73. The first-order valence-corrected chi connectivity index (χ1v) is 6.55. The Balaban J connectivity index is 1.83. The molecule has 0 aromatic carbocycles. The van der Waals surface area contributed by atoms with Gasteiger partial charge in [-0.25, -0.2) is 0 Å². The molecule has 1 aromatic rings. The van der Waals surface area contributed by atoms with Crippen LogP contribution in [0.2, 0.25) is 0 Å². The fraction of sp³-hybridized carbons (Fsp3) is 0.692. The maximum absolute atomic E-state index is 11.3. The highest BCUT2D eigenvalue weighted by Crippen LogP contribution is 2.13. The van der Waals surface area contributed by atoms with E-state index in [2.05, 4.69) is 14.8 Å². The SMILES string of the molecule is COCc1cc(CN2CCOC(CC(=O)OC)C2)no1. The Hall–Kier alpha value is -1.44. The third-order valence-electron chi connectivity index (χ3n) is 3.12. The summed E-state index contributed by atoms with van der Waals surface area (Å²) < 4.78 is 20.3. The average Bonchev–Trinajstić information content (AvgIpc) is 2.87. The summed E-state index contributed by atoms with van der Waals surface area (Å²) in [4.78, 5) is 13.4. The van der Waals surface area contributed by atoms with Crippen LogP contribution >= 0.6 is 0 Å². The van der Waals surface area contributed by atoms with E-state index in [1.165, 1.54) is 7.11 Å². The fourth-order valence-corrected chi connectivity index (χ4v) is 2.19. The highest BCUT2D eigenvalue weighted by Gasteiger charge is 2.24. The van der Waals surface area contributed by atoms with Crippen LogP contribution in [0.1, 0.15) is 17.9 Å². The maximum Gasteiger partial charge on any atom is 0.308 e. The largest absolute Gasteiger partial charge is 0.469 e. The molecule has 0 aliphatic carbocycles. The summed E-state index contributed by atoms with van der Waals surface area (Å²) in [6.45, 7) is 3.19. The number of hydrogen-bond acceptors (Lipinski definition) is 7. The number of morpholine rings is 1. The molecule has 0 radical (unpaired) electrons. The van der Waals surface area contributed by atoms with Crippen LogP contribution in [-0.4, -0.2) is 56.0 Å². The van der Waals surface area contributed by atoms with Crippen LogP contribution < -0.4 is 0 Å².